The SMILES string of the molecule is CCCCOc1ccc(C=NNC(=O)c2cc(-c3ccc([C@@H](C)CC)cc3)nc3ccccc23)cc1. The van der Waals surface area contributed by atoms with E-state index in [1.807, 2.05) is 54.6 Å². The third kappa shape index (κ3) is 6.16. The Bertz CT molecular complexity index is 1330. The monoisotopic (exact) mass is 479 g/mol. The number of nitrogens with zero attached hydrogens (tertiary/aromatic N) is 2. The average molecular weight is 480 g/mol. The molecular weight excluding hydrogens is 446 g/mol. The Morgan fingerprint density at radius 3 is 2.50 bits per heavy atom. The van der Waals surface area contributed by atoms with E-state index in [1.165, 1.54) is 5.56 Å². The number of hydrogen-bond acceptors (Lipinski definition) is 4. The zero-order valence-electron chi connectivity index (χ0n) is 21.2. The fourth-order valence-corrected chi connectivity index (χ4v) is 3.94. The summed E-state index contributed by atoms with van der Waals surface area (Å²) in [5.41, 5.74) is 7.91. The maximum Gasteiger partial charge on any atom is 0.272 e. The van der Waals surface area contributed by atoms with Gasteiger partial charge in [0.05, 0.1) is 29.6 Å². The number of rotatable bonds is 10. The Morgan fingerprint density at radius 2 is 1.78 bits per heavy atom. The lowest BCUT2D eigenvalue weighted by atomic mass is 9.96. The van der Waals surface area contributed by atoms with E-state index in [4.69, 9.17) is 9.72 Å². The highest BCUT2D eigenvalue weighted by molar-refractivity contribution is 6.07. The molecule has 0 spiro atoms. The van der Waals surface area contributed by atoms with Crippen LogP contribution in [0.1, 0.15) is 67.4 Å². The fraction of sp³-hybridized carbons (Fsp3) is 0.258. The first kappa shape index (κ1) is 25.1. The van der Waals surface area contributed by atoms with Gasteiger partial charge in [0, 0.05) is 10.9 Å². The number of hydrazone groups is 1. The van der Waals surface area contributed by atoms with Crippen molar-refractivity contribution < 1.29 is 9.53 Å². The molecule has 1 amide bonds. The molecule has 36 heavy (non-hydrogen) atoms. The summed E-state index contributed by atoms with van der Waals surface area (Å²) in [6.45, 7) is 7.26. The molecule has 1 N–H and O–H groups in total. The lowest BCUT2D eigenvalue weighted by Gasteiger charge is -2.11. The molecule has 0 bridgehead atoms. The molecule has 0 unspecified atom stereocenters. The van der Waals surface area contributed by atoms with Gasteiger partial charge in [-0.1, -0.05) is 69.7 Å². The number of carbonyl (C=O) groups is 1. The molecule has 1 aromatic heterocycles. The molecule has 4 aromatic rings. The molecule has 0 aliphatic carbocycles. The van der Waals surface area contributed by atoms with E-state index >= 15 is 0 Å². The van der Waals surface area contributed by atoms with Crippen molar-refractivity contribution in [3.63, 3.8) is 0 Å². The highest BCUT2D eigenvalue weighted by Crippen LogP contribution is 2.27. The second-order valence-corrected chi connectivity index (χ2v) is 8.97. The molecule has 0 fully saturated rings. The number of benzene rings is 3. The van der Waals surface area contributed by atoms with Crippen LogP contribution in [0.4, 0.5) is 0 Å². The fourth-order valence-electron chi connectivity index (χ4n) is 3.94. The van der Waals surface area contributed by atoms with Crippen molar-refractivity contribution in [2.45, 2.75) is 46.0 Å². The van der Waals surface area contributed by atoms with Crippen LogP contribution in [-0.2, 0) is 0 Å². The van der Waals surface area contributed by atoms with Crippen LogP contribution in [0, 0.1) is 0 Å². The van der Waals surface area contributed by atoms with Crippen molar-refractivity contribution in [3.05, 3.63) is 95.6 Å². The van der Waals surface area contributed by atoms with Gasteiger partial charge in [0.2, 0.25) is 0 Å². The third-order valence-electron chi connectivity index (χ3n) is 6.38. The van der Waals surface area contributed by atoms with Crippen LogP contribution in [0.5, 0.6) is 5.75 Å². The molecule has 5 nitrogen and oxygen atoms in total. The summed E-state index contributed by atoms with van der Waals surface area (Å²) < 4.78 is 5.69. The van der Waals surface area contributed by atoms with Gasteiger partial charge in [-0.05, 0) is 66.3 Å². The summed E-state index contributed by atoms with van der Waals surface area (Å²) >= 11 is 0. The molecule has 1 atom stereocenters. The Balaban J connectivity index is 1.52. The number of carbonyl (C=O) groups excluding carboxylic acids is 1. The Morgan fingerprint density at radius 1 is 1.03 bits per heavy atom. The first-order chi connectivity index (χ1) is 17.6. The molecule has 5 heteroatoms. The van der Waals surface area contributed by atoms with Crippen molar-refractivity contribution in [2.75, 3.05) is 6.61 Å². The second kappa shape index (κ2) is 12.1. The normalized spacial score (nSPS) is 12.1. The van der Waals surface area contributed by atoms with Crippen LogP contribution >= 0.6 is 0 Å². The Kier molecular flexibility index (Phi) is 8.45. The number of para-hydroxylation sites is 1. The summed E-state index contributed by atoms with van der Waals surface area (Å²) in [5, 5.41) is 4.98. The van der Waals surface area contributed by atoms with Gasteiger partial charge in [-0.2, -0.15) is 5.10 Å². The van der Waals surface area contributed by atoms with Crippen LogP contribution < -0.4 is 10.2 Å². The standard InChI is InChI=1S/C31H33N3O2/c1-4-6-19-36-26-17-11-23(12-18-26)21-32-34-31(35)28-20-30(33-29-10-8-7-9-27(28)29)25-15-13-24(14-16-25)22(3)5-2/h7-18,20-22H,4-6,19H2,1-3H3,(H,34,35)/t22-/m0/s1. The van der Waals surface area contributed by atoms with Gasteiger partial charge in [0.15, 0.2) is 0 Å². The molecule has 184 valence electrons. The molecular formula is C31H33N3O2. The first-order valence-corrected chi connectivity index (χ1v) is 12.7. The third-order valence-corrected chi connectivity index (χ3v) is 6.38. The lowest BCUT2D eigenvalue weighted by molar-refractivity contribution is 0.0956. The number of hydrogen-bond donors (Lipinski definition) is 1. The molecule has 4 rings (SSSR count). The number of ether oxygens (including phenoxy) is 1. The first-order valence-electron chi connectivity index (χ1n) is 12.7. The van der Waals surface area contributed by atoms with Crippen LogP contribution in [0.15, 0.2) is 84.0 Å². The number of amides is 1. The number of nitrogens with one attached hydrogen (secondary N) is 1. The predicted octanol–water partition coefficient (Wildman–Crippen LogP) is 7.36. The predicted molar refractivity (Wildman–Crippen MR) is 148 cm³/mol. The van der Waals surface area contributed by atoms with Crippen LogP contribution in [0.2, 0.25) is 0 Å². The summed E-state index contributed by atoms with van der Waals surface area (Å²) in [4.78, 5) is 18.0. The van der Waals surface area contributed by atoms with Crippen LogP contribution in [0.3, 0.4) is 0 Å². The van der Waals surface area contributed by atoms with E-state index in [0.29, 0.717) is 18.1 Å². The van der Waals surface area contributed by atoms with Crippen molar-refractivity contribution >= 4 is 23.0 Å². The largest absolute Gasteiger partial charge is 0.494 e. The molecule has 0 radical (unpaired) electrons. The van der Waals surface area contributed by atoms with E-state index in [-0.39, 0.29) is 5.91 Å². The van der Waals surface area contributed by atoms with Gasteiger partial charge in [0.25, 0.3) is 5.91 Å². The van der Waals surface area contributed by atoms with Crippen LogP contribution in [-0.4, -0.2) is 23.7 Å². The smallest absolute Gasteiger partial charge is 0.272 e. The average Bonchev–Trinajstić information content (AvgIpc) is 2.93. The second-order valence-electron chi connectivity index (χ2n) is 8.97. The molecule has 0 saturated heterocycles. The van der Waals surface area contributed by atoms with Gasteiger partial charge >= 0.3 is 0 Å². The molecule has 0 saturated carbocycles. The number of unbranched alkanes of at least 4 members (excludes halogenated alkanes) is 1. The molecule has 3 aromatic carbocycles. The minimum atomic E-state index is -0.276. The number of pyridine rings is 1. The van der Waals surface area contributed by atoms with Crippen LogP contribution in [0.25, 0.3) is 22.2 Å². The van der Waals surface area contributed by atoms with Gasteiger partial charge in [-0.3, -0.25) is 4.79 Å². The van der Waals surface area contributed by atoms with Gasteiger partial charge in [0.1, 0.15) is 5.75 Å². The van der Waals surface area contributed by atoms with Crippen molar-refractivity contribution in [1.82, 2.24) is 10.4 Å². The quantitative estimate of drug-likeness (QED) is 0.147. The summed E-state index contributed by atoms with van der Waals surface area (Å²) in [7, 11) is 0. The van der Waals surface area contributed by atoms with Gasteiger partial charge in [-0.25, -0.2) is 10.4 Å². The highest BCUT2D eigenvalue weighted by Gasteiger charge is 2.14. The maximum absolute atomic E-state index is 13.1. The Labute approximate surface area is 213 Å². The molecule has 0 aliphatic heterocycles. The van der Waals surface area contributed by atoms with Crippen molar-refractivity contribution in [1.29, 1.82) is 0 Å². The van der Waals surface area contributed by atoms with E-state index < -0.39 is 0 Å². The molecule has 1 heterocycles. The molecule has 0 aliphatic rings. The van der Waals surface area contributed by atoms with E-state index in [1.54, 1.807) is 6.21 Å². The summed E-state index contributed by atoms with van der Waals surface area (Å²) in [6, 6.07) is 25.6. The number of fused-ring (bicyclic) bond motifs is 1. The topological polar surface area (TPSA) is 63.6 Å². The van der Waals surface area contributed by atoms with E-state index in [9.17, 15) is 4.79 Å². The zero-order valence-corrected chi connectivity index (χ0v) is 21.2. The minimum absolute atomic E-state index is 0.276. The van der Waals surface area contributed by atoms with Crippen molar-refractivity contribution in [3.8, 4) is 17.0 Å². The zero-order chi connectivity index (χ0) is 25.3. The van der Waals surface area contributed by atoms with E-state index in [2.05, 4.69) is 55.6 Å². The lowest BCUT2D eigenvalue weighted by Crippen LogP contribution is -2.18. The Hall–Kier alpha value is -3.99. The highest BCUT2D eigenvalue weighted by atomic mass is 16.5. The number of aromatic nitrogens is 1. The van der Waals surface area contributed by atoms with Crippen molar-refractivity contribution in [2.24, 2.45) is 5.10 Å². The minimum Gasteiger partial charge on any atom is -0.494 e. The summed E-state index contributed by atoms with van der Waals surface area (Å²) in [6.07, 6.45) is 4.86. The van der Waals surface area contributed by atoms with E-state index in [0.717, 1.165) is 52.7 Å². The van der Waals surface area contributed by atoms with Gasteiger partial charge in [-0.15, -0.1) is 0 Å². The van der Waals surface area contributed by atoms with Gasteiger partial charge < -0.3 is 4.74 Å². The summed E-state index contributed by atoms with van der Waals surface area (Å²) in [5.74, 6) is 1.06. The maximum atomic E-state index is 13.1.